The molecule has 0 aliphatic carbocycles. The number of ether oxygens (including phenoxy) is 1. The van der Waals surface area contributed by atoms with E-state index in [4.69, 9.17) is 5.11 Å². The molecule has 1 aromatic heterocycles. The number of sulfonamides is 1. The van der Waals surface area contributed by atoms with Crippen molar-refractivity contribution < 1.29 is 27.9 Å². The summed E-state index contributed by atoms with van der Waals surface area (Å²) in [6, 6.07) is 2.26. The van der Waals surface area contributed by atoms with Crippen molar-refractivity contribution in [2.24, 2.45) is 0 Å². The summed E-state index contributed by atoms with van der Waals surface area (Å²) in [6.07, 6.45) is 1.14. The maximum Gasteiger partial charge on any atom is 0.335 e. The van der Waals surface area contributed by atoms with Crippen molar-refractivity contribution in [3.05, 3.63) is 23.9 Å². The molecule has 0 aromatic carbocycles. The van der Waals surface area contributed by atoms with E-state index < -0.39 is 27.2 Å². The molecule has 0 bridgehead atoms. The van der Waals surface area contributed by atoms with Crippen molar-refractivity contribution in [3.8, 4) is 0 Å². The second-order valence-corrected chi connectivity index (χ2v) is 5.55. The molecule has 0 saturated carbocycles. The van der Waals surface area contributed by atoms with Gasteiger partial charge < -0.3 is 9.84 Å². The molecular weight excluding hydrogens is 276 g/mol. The molecule has 8 nitrogen and oxygen atoms in total. The SMILES string of the molecule is COC(=O)C(C)S(=O)(=O)Nc1cc(C(=O)O)ccn1. The number of rotatable bonds is 5. The molecule has 1 unspecified atom stereocenters. The minimum Gasteiger partial charge on any atom is -0.478 e. The minimum absolute atomic E-state index is 0.126. The number of carboxylic acids is 1. The maximum absolute atomic E-state index is 11.8. The molecule has 0 aliphatic heterocycles. The summed E-state index contributed by atoms with van der Waals surface area (Å²) in [5.74, 6) is -2.33. The number of esters is 1. The van der Waals surface area contributed by atoms with Crippen LogP contribution in [0.2, 0.25) is 0 Å². The number of hydrogen-bond donors (Lipinski definition) is 2. The zero-order chi connectivity index (χ0) is 14.6. The molecule has 19 heavy (non-hydrogen) atoms. The number of carboxylic acid groups (broad SMARTS) is 1. The normalized spacial score (nSPS) is 12.5. The first kappa shape index (κ1) is 14.9. The van der Waals surface area contributed by atoms with Gasteiger partial charge in [-0.05, 0) is 19.1 Å². The van der Waals surface area contributed by atoms with Crippen molar-refractivity contribution in [1.29, 1.82) is 0 Å². The number of carbonyl (C=O) groups excluding carboxylic acids is 1. The Labute approximate surface area is 109 Å². The van der Waals surface area contributed by atoms with Crippen LogP contribution in [0.1, 0.15) is 17.3 Å². The van der Waals surface area contributed by atoms with Gasteiger partial charge in [0.05, 0.1) is 12.7 Å². The van der Waals surface area contributed by atoms with Crippen LogP contribution in [0.25, 0.3) is 0 Å². The van der Waals surface area contributed by atoms with E-state index in [2.05, 4.69) is 9.72 Å². The average Bonchev–Trinajstić information content (AvgIpc) is 2.36. The highest BCUT2D eigenvalue weighted by molar-refractivity contribution is 7.94. The van der Waals surface area contributed by atoms with Gasteiger partial charge >= 0.3 is 11.9 Å². The fourth-order valence-corrected chi connectivity index (χ4v) is 2.08. The molecule has 1 aromatic rings. The number of methoxy groups -OCH3 is 1. The Morgan fingerprint density at radius 3 is 2.63 bits per heavy atom. The molecule has 0 spiro atoms. The molecule has 0 radical (unpaired) electrons. The van der Waals surface area contributed by atoms with Crippen LogP contribution in [0.15, 0.2) is 18.3 Å². The number of hydrogen-bond acceptors (Lipinski definition) is 6. The Hall–Kier alpha value is -2.16. The third-order valence-corrected chi connectivity index (χ3v) is 3.87. The molecule has 1 atom stereocenters. The molecule has 0 aliphatic rings. The van der Waals surface area contributed by atoms with E-state index in [1.807, 2.05) is 4.72 Å². The van der Waals surface area contributed by atoms with Gasteiger partial charge in [-0.25, -0.2) is 18.2 Å². The van der Waals surface area contributed by atoms with Gasteiger partial charge in [-0.3, -0.25) is 9.52 Å². The summed E-state index contributed by atoms with van der Waals surface area (Å²) in [5.41, 5.74) is -0.126. The monoisotopic (exact) mass is 288 g/mol. The van der Waals surface area contributed by atoms with E-state index in [1.165, 1.54) is 6.07 Å². The number of aromatic nitrogens is 1. The van der Waals surface area contributed by atoms with Crippen LogP contribution in [0.4, 0.5) is 5.82 Å². The van der Waals surface area contributed by atoms with Gasteiger partial charge in [0.25, 0.3) is 0 Å². The lowest BCUT2D eigenvalue weighted by Crippen LogP contribution is -2.33. The molecular formula is C10H12N2O6S. The summed E-state index contributed by atoms with van der Waals surface area (Å²) in [5, 5.41) is 7.33. The first-order chi connectivity index (χ1) is 8.77. The Bertz CT molecular complexity index is 598. The lowest BCUT2D eigenvalue weighted by atomic mass is 10.3. The van der Waals surface area contributed by atoms with E-state index >= 15 is 0 Å². The van der Waals surface area contributed by atoms with Crippen LogP contribution in [-0.2, 0) is 19.6 Å². The van der Waals surface area contributed by atoms with E-state index in [0.29, 0.717) is 0 Å². The highest BCUT2D eigenvalue weighted by atomic mass is 32.2. The predicted octanol–water partition coefficient (Wildman–Crippen LogP) is 0.0830. The summed E-state index contributed by atoms with van der Waals surface area (Å²) < 4.78 is 29.9. The van der Waals surface area contributed by atoms with Gasteiger partial charge in [-0.1, -0.05) is 0 Å². The zero-order valence-corrected chi connectivity index (χ0v) is 11.0. The molecule has 0 saturated heterocycles. The van der Waals surface area contributed by atoms with Crippen LogP contribution in [-0.4, -0.2) is 42.8 Å². The van der Waals surface area contributed by atoms with Crippen molar-refractivity contribution in [1.82, 2.24) is 4.98 Å². The third kappa shape index (κ3) is 3.65. The number of nitrogens with zero attached hydrogens (tertiary/aromatic N) is 1. The van der Waals surface area contributed by atoms with Gasteiger partial charge in [-0.2, -0.15) is 0 Å². The van der Waals surface area contributed by atoms with Crippen LogP contribution < -0.4 is 4.72 Å². The summed E-state index contributed by atoms with van der Waals surface area (Å²) in [4.78, 5) is 25.6. The average molecular weight is 288 g/mol. The largest absolute Gasteiger partial charge is 0.478 e. The Kier molecular flexibility index (Phi) is 4.43. The zero-order valence-electron chi connectivity index (χ0n) is 10.2. The van der Waals surface area contributed by atoms with E-state index in [0.717, 1.165) is 26.3 Å². The van der Waals surface area contributed by atoms with Crippen molar-refractivity contribution in [2.75, 3.05) is 11.8 Å². The van der Waals surface area contributed by atoms with Crippen molar-refractivity contribution in [2.45, 2.75) is 12.2 Å². The summed E-state index contributed by atoms with van der Waals surface area (Å²) in [6.45, 7) is 1.15. The number of nitrogens with one attached hydrogen (secondary N) is 1. The predicted molar refractivity (Wildman–Crippen MR) is 65.2 cm³/mol. The molecule has 104 valence electrons. The molecule has 0 fully saturated rings. The van der Waals surface area contributed by atoms with Crippen LogP contribution in [0, 0.1) is 0 Å². The highest BCUT2D eigenvalue weighted by Gasteiger charge is 2.29. The van der Waals surface area contributed by atoms with Crippen molar-refractivity contribution in [3.63, 3.8) is 0 Å². The number of pyridine rings is 1. The van der Waals surface area contributed by atoms with Crippen molar-refractivity contribution >= 4 is 27.8 Å². The van der Waals surface area contributed by atoms with Gasteiger partial charge in [-0.15, -0.1) is 0 Å². The van der Waals surface area contributed by atoms with Gasteiger partial charge in [0.15, 0.2) is 5.25 Å². The molecule has 1 rings (SSSR count). The highest BCUT2D eigenvalue weighted by Crippen LogP contribution is 2.12. The third-order valence-electron chi connectivity index (χ3n) is 2.25. The fraction of sp³-hybridized carbons (Fsp3) is 0.300. The first-order valence-electron chi connectivity index (χ1n) is 5.06. The molecule has 9 heteroatoms. The Morgan fingerprint density at radius 2 is 2.11 bits per heavy atom. The Balaban J connectivity index is 2.99. The standard InChI is InChI=1S/C10H12N2O6S/c1-6(10(15)18-2)19(16,17)12-8-5-7(9(13)14)3-4-11-8/h3-6H,1-2H3,(H,11,12)(H,13,14). The second kappa shape index (κ2) is 5.65. The van der Waals surface area contributed by atoms with Crippen LogP contribution in [0.5, 0.6) is 0 Å². The molecule has 2 N–H and O–H groups in total. The van der Waals surface area contributed by atoms with E-state index in [9.17, 15) is 18.0 Å². The number of carbonyl (C=O) groups is 2. The topological polar surface area (TPSA) is 123 Å². The van der Waals surface area contributed by atoms with Gasteiger partial charge in [0, 0.05) is 6.20 Å². The maximum atomic E-state index is 11.8. The fourth-order valence-electron chi connectivity index (χ4n) is 1.15. The molecule has 0 amide bonds. The number of aromatic carboxylic acids is 1. The number of anilines is 1. The van der Waals surface area contributed by atoms with E-state index in [-0.39, 0.29) is 11.4 Å². The summed E-state index contributed by atoms with van der Waals surface area (Å²) >= 11 is 0. The lowest BCUT2D eigenvalue weighted by Gasteiger charge is -2.12. The first-order valence-corrected chi connectivity index (χ1v) is 6.61. The van der Waals surface area contributed by atoms with Gasteiger partial charge in [0.2, 0.25) is 10.0 Å². The molecule has 1 heterocycles. The Morgan fingerprint density at radius 1 is 1.47 bits per heavy atom. The smallest absolute Gasteiger partial charge is 0.335 e. The van der Waals surface area contributed by atoms with Gasteiger partial charge in [0.1, 0.15) is 5.82 Å². The van der Waals surface area contributed by atoms with Crippen LogP contribution >= 0.6 is 0 Å². The quantitative estimate of drug-likeness (QED) is 0.735. The lowest BCUT2D eigenvalue weighted by molar-refractivity contribution is -0.139. The van der Waals surface area contributed by atoms with E-state index in [1.54, 1.807) is 0 Å². The summed E-state index contributed by atoms with van der Waals surface area (Å²) in [7, 11) is -2.98. The second-order valence-electron chi connectivity index (χ2n) is 3.55. The van der Waals surface area contributed by atoms with Crippen LogP contribution in [0.3, 0.4) is 0 Å². The minimum atomic E-state index is -4.05.